The predicted molar refractivity (Wildman–Crippen MR) is 65.9 cm³/mol. The summed E-state index contributed by atoms with van der Waals surface area (Å²) in [6.07, 6.45) is 0. The number of guanidine groups is 1. The third-order valence-electron chi connectivity index (χ3n) is 2.02. The molecule has 0 unspecified atom stereocenters. The Morgan fingerprint density at radius 1 is 1.47 bits per heavy atom. The molecule has 104 valence electrons. The molecule has 1 rings (SSSR count). The Hall–Kier alpha value is -2.42. The van der Waals surface area contributed by atoms with Crippen LogP contribution >= 0.6 is 0 Å². The smallest absolute Gasteiger partial charge is 0.307 e. The summed E-state index contributed by atoms with van der Waals surface area (Å²) in [5.74, 6) is -1.36. The monoisotopic (exact) mass is 272 g/mol. The zero-order valence-electron chi connectivity index (χ0n) is 10.1. The van der Waals surface area contributed by atoms with Gasteiger partial charge in [-0.15, -0.1) is 0 Å². The number of nitrogens with zero attached hydrogens (tertiary/aromatic N) is 2. The van der Waals surface area contributed by atoms with E-state index < -0.39 is 16.4 Å². The van der Waals surface area contributed by atoms with Crippen LogP contribution in [0.2, 0.25) is 0 Å². The van der Waals surface area contributed by atoms with Gasteiger partial charge in [-0.2, -0.15) is 4.39 Å². The van der Waals surface area contributed by atoms with Crippen molar-refractivity contribution in [1.82, 2.24) is 0 Å². The van der Waals surface area contributed by atoms with E-state index in [0.29, 0.717) is 0 Å². The lowest BCUT2D eigenvalue weighted by Crippen LogP contribution is -2.22. The third-order valence-corrected chi connectivity index (χ3v) is 2.02. The van der Waals surface area contributed by atoms with Crippen molar-refractivity contribution in [2.75, 3.05) is 20.3 Å². The SMILES string of the molecule is COCCOc1cc(F)c([N+](=O)[O-])cc1N=C(N)N. The number of benzene rings is 1. The zero-order valence-corrected chi connectivity index (χ0v) is 10.1. The van der Waals surface area contributed by atoms with Crippen molar-refractivity contribution in [3.8, 4) is 5.75 Å². The third kappa shape index (κ3) is 4.07. The molecule has 1 aromatic rings. The largest absolute Gasteiger partial charge is 0.489 e. The van der Waals surface area contributed by atoms with Crippen LogP contribution in [-0.2, 0) is 4.74 Å². The molecule has 0 fully saturated rings. The molecule has 4 N–H and O–H groups in total. The van der Waals surface area contributed by atoms with Gasteiger partial charge in [0.2, 0.25) is 5.82 Å². The van der Waals surface area contributed by atoms with E-state index >= 15 is 0 Å². The lowest BCUT2D eigenvalue weighted by atomic mass is 10.2. The number of ether oxygens (including phenoxy) is 2. The number of aliphatic imine (C=N–C) groups is 1. The van der Waals surface area contributed by atoms with Crippen molar-refractivity contribution in [1.29, 1.82) is 0 Å². The van der Waals surface area contributed by atoms with Gasteiger partial charge in [0.1, 0.15) is 18.0 Å². The minimum atomic E-state index is -1.04. The Bertz CT molecular complexity index is 503. The summed E-state index contributed by atoms with van der Waals surface area (Å²) < 4.78 is 23.4. The van der Waals surface area contributed by atoms with Gasteiger partial charge in [-0.25, -0.2) is 4.99 Å². The lowest BCUT2D eigenvalue weighted by molar-refractivity contribution is -0.387. The van der Waals surface area contributed by atoms with Crippen LogP contribution in [0, 0.1) is 15.9 Å². The standard InChI is InChI=1S/C10H13FN4O4/c1-18-2-3-19-9-4-6(11)8(15(16)17)5-7(9)14-10(12)13/h4-5H,2-3H2,1H3,(H4,12,13,14). The van der Waals surface area contributed by atoms with Crippen LogP contribution in [0.4, 0.5) is 15.8 Å². The first-order chi connectivity index (χ1) is 8.95. The molecule has 0 saturated heterocycles. The van der Waals surface area contributed by atoms with Crippen molar-refractivity contribution < 1.29 is 18.8 Å². The van der Waals surface area contributed by atoms with E-state index in [2.05, 4.69) is 4.99 Å². The lowest BCUT2D eigenvalue weighted by Gasteiger charge is -2.09. The number of nitro groups is 1. The van der Waals surface area contributed by atoms with Crippen molar-refractivity contribution >= 4 is 17.3 Å². The summed E-state index contributed by atoms with van der Waals surface area (Å²) in [7, 11) is 1.47. The van der Waals surface area contributed by atoms with Crippen LogP contribution in [0.15, 0.2) is 17.1 Å². The molecule has 9 heteroatoms. The summed E-state index contributed by atoms with van der Waals surface area (Å²) in [5, 5.41) is 10.6. The molecular formula is C10H13FN4O4. The van der Waals surface area contributed by atoms with E-state index in [-0.39, 0.29) is 30.6 Å². The van der Waals surface area contributed by atoms with E-state index in [1.165, 1.54) is 7.11 Å². The Morgan fingerprint density at radius 2 is 2.16 bits per heavy atom. The van der Waals surface area contributed by atoms with Gasteiger partial charge in [0, 0.05) is 19.2 Å². The Morgan fingerprint density at radius 3 is 2.68 bits per heavy atom. The maximum atomic E-state index is 13.5. The molecule has 0 amide bonds. The summed E-state index contributed by atoms with van der Waals surface area (Å²) in [6, 6.07) is 1.76. The predicted octanol–water partition coefficient (Wildman–Crippen LogP) is 0.664. The molecule has 0 saturated carbocycles. The number of nitro benzene ring substituents is 1. The molecule has 19 heavy (non-hydrogen) atoms. The highest BCUT2D eigenvalue weighted by molar-refractivity contribution is 5.80. The van der Waals surface area contributed by atoms with E-state index in [9.17, 15) is 14.5 Å². The molecule has 0 atom stereocenters. The summed E-state index contributed by atoms with van der Waals surface area (Å²) >= 11 is 0. The van der Waals surface area contributed by atoms with Crippen LogP contribution < -0.4 is 16.2 Å². The van der Waals surface area contributed by atoms with Gasteiger partial charge in [-0.3, -0.25) is 10.1 Å². The summed E-state index contributed by atoms with van der Waals surface area (Å²) in [4.78, 5) is 13.4. The van der Waals surface area contributed by atoms with E-state index in [1.807, 2.05) is 0 Å². The first-order valence-corrected chi connectivity index (χ1v) is 5.15. The fraction of sp³-hybridized carbons (Fsp3) is 0.300. The average Bonchev–Trinajstić information content (AvgIpc) is 2.31. The number of nitrogens with two attached hydrogens (primary N) is 2. The molecule has 0 aliphatic carbocycles. The van der Waals surface area contributed by atoms with Gasteiger partial charge in [0.15, 0.2) is 5.96 Å². The highest BCUT2D eigenvalue weighted by Gasteiger charge is 2.19. The number of halogens is 1. The first-order valence-electron chi connectivity index (χ1n) is 5.15. The molecule has 0 aliphatic heterocycles. The maximum Gasteiger partial charge on any atom is 0.307 e. The van der Waals surface area contributed by atoms with Crippen LogP contribution in [0.5, 0.6) is 5.75 Å². The van der Waals surface area contributed by atoms with Crippen LogP contribution in [-0.4, -0.2) is 31.2 Å². The van der Waals surface area contributed by atoms with Gasteiger partial charge in [0.25, 0.3) is 0 Å². The highest BCUT2D eigenvalue weighted by Crippen LogP contribution is 2.34. The van der Waals surface area contributed by atoms with E-state index in [1.54, 1.807) is 0 Å². The summed E-state index contributed by atoms with van der Waals surface area (Å²) in [6.45, 7) is 0.389. The minimum absolute atomic E-state index is 0.00597. The topological polar surface area (TPSA) is 126 Å². The molecule has 0 aromatic heterocycles. The van der Waals surface area contributed by atoms with E-state index in [0.717, 1.165) is 12.1 Å². The second-order valence-corrected chi connectivity index (χ2v) is 3.41. The van der Waals surface area contributed by atoms with Gasteiger partial charge in [-0.1, -0.05) is 0 Å². The van der Waals surface area contributed by atoms with Crippen molar-refractivity contribution in [2.24, 2.45) is 16.5 Å². The number of hydrogen-bond acceptors (Lipinski definition) is 5. The van der Waals surface area contributed by atoms with Crippen LogP contribution in [0.25, 0.3) is 0 Å². The summed E-state index contributed by atoms with van der Waals surface area (Å²) in [5.41, 5.74) is 9.63. The second-order valence-electron chi connectivity index (χ2n) is 3.41. The molecule has 0 heterocycles. The van der Waals surface area contributed by atoms with Gasteiger partial charge >= 0.3 is 5.69 Å². The average molecular weight is 272 g/mol. The number of methoxy groups -OCH3 is 1. The molecule has 1 aromatic carbocycles. The van der Waals surface area contributed by atoms with Gasteiger partial charge < -0.3 is 20.9 Å². The highest BCUT2D eigenvalue weighted by atomic mass is 19.1. The van der Waals surface area contributed by atoms with Crippen molar-refractivity contribution in [3.63, 3.8) is 0 Å². The van der Waals surface area contributed by atoms with Crippen LogP contribution in [0.3, 0.4) is 0 Å². The molecule has 0 bridgehead atoms. The fourth-order valence-electron chi connectivity index (χ4n) is 1.25. The minimum Gasteiger partial charge on any atom is -0.489 e. The first kappa shape index (κ1) is 14.6. The molecule has 0 radical (unpaired) electrons. The van der Waals surface area contributed by atoms with Crippen molar-refractivity contribution in [2.45, 2.75) is 0 Å². The second kappa shape index (κ2) is 6.50. The Labute approximate surface area is 108 Å². The van der Waals surface area contributed by atoms with Gasteiger partial charge in [0.05, 0.1) is 11.5 Å². The maximum absolute atomic E-state index is 13.5. The molecular weight excluding hydrogens is 259 g/mol. The fourth-order valence-corrected chi connectivity index (χ4v) is 1.25. The Kier molecular flexibility index (Phi) is 5.01. The zero-order chi connectivity index (χ0) is 14.4. The Balaban J connectivity index is 3.16. The normalized spacial score (nSPS) is 10.0. The van der Waals surface area contributed by atoms with Crippen molar-refractivity contribution in [3.05, 3.63) is 28.1 Å². The molecule has 8 nitrogen and oxygen atoms in total. The number of rotatable bonds is 6. The van der Waals surface area contributed by atoms with Gasteiger partial charge in [-0.05, 0) is 0 Å². The molecule has 0 aliphatic rings. The quantitative estimate of drug-likeness (QED) is 0.257. The van der Waals surface area contributed by atoms with Crippen LogP contribution in [0.1, 0.15) is 0 Å². The number of hydrogen-bond donors (Lipinski definition) is 2. The molecule has 0 spiro atoms. The van der Waals surface area contributed by atoms with E-state index in [4.69, 9.17) is 20.9 Å².